The van der Waals surface area contributed by atoms with Crippen LogP contribution in [0, 0.1) is 5.92 Å². The molecule has 94 valence electrons. The summed E-state index contributed by atoms with van der Waals surface area (Å²) in [6.45, 7) is -0.230. The number of hydrogen-bond acceptors (Lipinski definition) is 6. The Hall–Kier alpha value is -1.44. The summed E-state index contributed by atoms with van der Waals surface area (Å²) in [5.74, 6) is -0.322. The Labute approximate surface area is 97.1 Å². The molecule has 0 amide bonds. The zero-order valence-electron chi connectivity index (χ0n) is 9.10. The maximum absolute atomic E-state index is 11.6. The minimum atomic E-state index is -1.09. The van der Waals surface area contributed by atoms with E-state index in [2.05, 4.69) is 4.98 Å². The third kappa shape index (κ3) is 2.04. The smallest absolute Gasteiger partial charge is 0.349 e. The van der Waals surface area contributed by atoms with E-state index in [1.54, 1.807) is 0 Å². The topological polar surface area (TPSA) is 122 Å². The summed E-state index contributed by atoms with van der Waals surface area (Å²) in [6, 6.07) is 0.870. The molecule has 7 nitrogen and oxygen atoms in total. The third-order valence-corrected chi connectivity index (χ3v) is 3.21. The molecule has 2 rings (SSSR count). The van der Waals surface area contributed by atoms with Gasteiger partial charge < -0.3 is 21.1 Å². The highest BCUT2D eigenvalue weighted by Crippen LogP contribution is 2.34. The van der Waals surface area contributed by atoms with Crippen molar-refractivity contribution in [2.45, 2.75) is 24.7 Å². The predicted molar refractivity (Wildman–Crippen MR) is 59.2 cm³/mol. The SMILES string of the molecule is Nc1ccn(C2C[C@@H](CO)[C@H](O)[C@@H]2O)c(=O)n1. The molecule has 1 aliphatic carbocycles. The summed E-state index contributed by atoms with van der Waals surface area (Å²) in [4.78, 5) is 15.1. The summed E-state index contributed by atoms with van der Waals surface area (Å²) in [5.41, 5.74) is 4.80. The van der Waals surface area contributed by atoms with Crippen molar-refractivity contribution in [1.29, 1.82) is 0 Å². The van der Waals surface area contributed by atoms with Crippen LogP contribution in [0.25, 0.3) is 0 Å². The van der Waals surface area contributed by atoms with Crippen LogP contribution in [0.15, 0.2) is 17.1 Å². The molecule has 0 aliphatic heterocycles. The van der Waals surface area contributed by atoms with Crippen LogP contribution in [0.5, 0.6) is 0 Å². The number of nitrogens with two attached hydrogens (primary N) is 1. The molecule has 5 N–H and O–H groups in total. The van der Waals surface area contributed by atoms with E-state index < -0.39 is 29.9 Å². The molecule has 4 atom stereocenters. The normalized spacial score (nSPS) is 32.9. The zero-order chi connectivity index (χ0) is 12.6. The molecule has 0 aromatic carbocycles. The Balaban J connectivity index is 2.32. The monoisotopic (exact) mass is 241 g/mol. The lowest BCUT2D eigenvalue weighted by atomic mass is 10.1. The van der Waals surface area contributed by atoms with Gasteiger partial charge in [-0.1, -0.05) is 0 Å². The van der Waals surface area contributed by atoms with Gasteiger partial charge in [-0.15, -0.1) is 0 Å². The molecule has 1 aromatic rings. The van der Waals surface area contributed by atoms with Gasteiger partial charge in [0.1, 0.15) is 11.9 Å². The van der Waals surface area contributed by atoms with E-state index in [4.69, 9.17) is 10.8 Å². The van der Waals surface area contributed by atoms with Gasteiger partial charge >= 0.3 is 5.69 Å². The van der Waals surface area contributed by atoms with Crippen LogP contribution in [0.1, 0.15) is 12.5 Å². The molecule has 0 radical (unpaired) electrons. The van der Waals surface area contributed by atoms with Gasteiger partial charge in [0, 0.05) is 18.7 Å². The largest absolute Gasteiger partial charge is 0.396 e. The fourth-order valence-corrected chi connectivity index (χ4v) is 2.23. The molecule has 1 unspecified atom stereocenters. The standard InChI is InChI=1S/C10H15N3O4/c11-7-1-2-13(10(17)12-7)6-3-5(4-14)8(15)9(6)16/h1-2,5-6,8-9,14-16H,3-4H2,(H2,11,12,17)/t5-,6?,8-,9+/m0/s1. The molecule has 1 saturated carbocycles. The highest BCUT2D eigenvalue weighted by molar-refractivity contribution is 5.23. The van der Waals surface area contributed by atoms with Crippen LogP contribution < -0.4 is 11.4 Å². The van der Waals surface area contributed by atoms with Gasteiger partial charge in [0.25, 0.3) is 0 Å². The number of aromatic nitrogens is 2. The molecule has 7 heteroatoms. The van der Waals surface area contributed by atoms with Gasteiger partial charge in [-0.05, 0) is 12.5 Å². The van der Waals surface area contributed by atoms with Gasteiger partial charge in [-0.2, -0.15) is 4.98 Å². The van der Waals surface area contributed by atoms with Gasteiger partial charge in [0.15, 0.2) is 0 Å². The van der Waals surface area contributed by atoms with E-state index in [0.717, 1.165) is 0 Å². The van der Waals surface area contributed by atoms with E-state index in [1.165, 1.54) is 16.8 Å². The first-order valence-corrected chi connectivity index (χ1v) is 5.36. The number of nitrogens with zero attached hydrogens (tertiary/aromatic N) is 2. The third-order valence-electron chi connectivity index (χ3n) is 3.21. The molecule has 17 heavy (non-hydrogen) atoms. The van der Waals surface area contributed by atoms with Crippen molar-refractivity contribution >= 4 is 5.82 Å². The van der Waals surface area contributed by atoms with Crippen LogP contribution in [-0.4, -0.2) is 43.7 Å². The van der Waals surface area contributed by atoms with Crippen molar-refractivity contribution in [3.63, 3.8) is 0 Å². The fourth-order valence-electron chi connectivity index (χ4n) is 2.23. The Bertz CT molecular complexity index is 461. The van der Waals surface area contributed by atoms with Crippen molar-refractivity contribution in [2.24, 2.45) is 5.92 Å². The van der Waals surface area contributed by atoms with E-state index >= 15 is 0 Å². The first kappa shape index (κ1) is 12.0. The molecule has 1 heterocycles. The first-order chi connectivity index (χ1) is 8.04. The lowest BCUT2D eigenvalue weighted by Gasteiger charge is -2.18. The summed E-state index contributed by atoms with van der Waals surface area (Å²) < 4.78 is 1.24. The fraction of sp³-hybridized carbons (Fsp3) is 0.600. The van der Waals surface area contributed by atoms with Gasteiger partial charge in [0.2, 0.25) is 0 Å². The minimum absolute atomic E-state index is 0.109. The van der Waals surface area contributed by atoms with Crippen LogP contribution in [-0.2, 0) is 0 Å². The molecule has 0 saturated heterocycles. The molecule has 0 bridgehead atoms. The molecule has 1 aliphatic rings. The van der Waals surface area contributed by atoms with Crippen molar-refractivity contribution in [3.8, 4) is 0 Å². The summed E-state index contributed by atoms with van der Waals surface area (Å²) in [7, 11) is 0. The maximum Gasteiger partial charge on any atom is 0.349 e. The highest BCUT2D eigenvalue weighted by atomic mass is 16.3. The zero-order valence-corrected chi connectivity index (χ0v) is 9.10. The quantitative estimate of drug-likeness (QED) is 0.480. The Morgan fingerprint density at radius 3 is 2.71 bits per heavy atom. The van der Waals surface area contributed by atoms with Gasteiger partial charge in [0.05, 0.1) is 12.1 Å². The first-order valence-electron chi connectivity index (χ1n) is 5.36. The molecule has 1 fully saturated rings. The summed E-state index contributed by atoms with van der Waals surface area (Å²) >= 11 is 0. The minimum Gasteiger partial charge on any atom is -0.396 e. The Kier molecular flexibility index (Phi) is 3.14. The number of rotatable bonds is 2. The Morgan fingerprint density at radius 2 is 2.18 bits per heavy atom. The lowest BCUT2D eigenvalue weighted by Crippen LogP contribution is -2.35. The average Bonchev–Trinajstić information content (AvgIpc) is 2.57. The summed E-state index contributed by atoms with van der Waals surface area (Å²) in [6.07, 6.45) is -0.361. The Morgan fingerprint density at radius 1 is 1.47 bits per heavy atom. The molecule has 1 aromatic heterocycles. The van der Waals surface area contributed by atoms with E-state index in [-0.39, 0.29) is 12.4 Å². The van der Waals surface area contributed by atoms with Crippen molar-refractivity contribution in [3.05, 3.63) is 22.7 Å². The van der Waals surface area contributed by atoms with Crippen LogP contribution in [0.3, 0.4) is 0 Å². The second-order valence-electron chi connectivity index (χ2n) is 4.27. The predicted octanol–water partition coefficient (Wildman–Crippen LogP) is -1.90. The lowest BCUT2D eigenvalue weighted by molar-refractivity contribution is -0.00453. The van der Waals surface area contributed by atoms with Crippen molar-refractivity contribution < 1.29 is 15.3 Å². The number of nitrogen functional groups attached to an aromatic ring is 1. The average molecular weight is 241 g/mol. The van der Waals surface area contributed by atoms with Crippen LogP contribution in [0.4, 0.5) is 5.82 Å². The number of anilines is 1. The van der Waals surface area contributed by atoms with Crippen LogP contribution >= 0.6 is 0 Å². The van der Waals surface area contributed by atoms with Crippen molar-refractivity contribution in [2.75, 3.05) is 12.3 Å². The number of aliphatic hydroxyl groups excluding tert-OH is 3. The number of hydrogen-bond donors (Lipinski definition) is 4. The summed E-state index contributed by atoms with van der Waals surface area (Å²) in [5, 5.41) is 28.5. The van der Waals surface area contributed by atoms with Gasteiger partial charge in [-0.25, -0.2) is 4.79 Å². The molecular formula is C10H15N3O4. The van der Waals surface area contributed by atoms with Crippen LogP contribution in [0.2, 0.25) is 0 Å². The number of aliphatic hydroxyl groups is 3. The van der Waals surface area contributed by atoms with E-state index in [9.17, 15) is 15.0 Å². The highest BCUT2D eigenvalue weighted by Gasteiger charge is 2.42. The van der Waals surface area contributed by atoms with E-state index in [0.29, 0.717) is 6.42 Å². The molecule has 0 spiro atoms. The van der Waals surface area contributed by atoms with Crippen molar-refractivity contribution in [1.82, 2.24) is 9.55 Å². The maximum atomic E-state index is 11.6. The van der Waals surface area contributed by atoms with Gasteiger partial charge in [-0.3, -0.25) is 4.57 Å². The van der Waals surface area contributed by atoms with E-state index in [1.807, 2.05) is 0 Å². The second kappa shape index (κ2) is 4.44. The molecular weight excluding hydrogens is 226 g/mol. The second-order valence-corrected chi connectivity index (χ2v) is 4.27.